The van der Waals surface area contributed by atoms with Crippen molar-refractivity contribution in [1.29, 1.82) is 0 Å². The Labute approximate surface area is 267 Å². The Balaban J connectivity index is 0.00000161. The topological polar surface area (TPSA) is 60.5 Å². The molecule has 1 aliphatic heterocycles. The maximum absolute atomic E-state index is 12.9. The summed E-state index contributed by atoms with van der Waals surface area (Å²) in [5.41, 5.74) is 5.02. The zero-order valence-corrected chi connectivity index (χ0v) is 26.3. The van der Waals surface area contributed by atoms with Gasteiger partial charge in [0.15, 0.2) is 0 Å². The fourth-order valence-electron chi connectivity index (χ4n) is 6.61. The zero-order chi connectivity index (χ0) is 26.7. The van der Waals surface area contributed by atoms with Gasteiger partial charge in [-0.1, -0.05) is 68.3 Å². The van der Waals surface area contributed by atoms with Gasteiger partial charge >= 0.3 is 6.03 Å². The molecule has 6 nitrogen and oxygen atoms in total. The SMILES string of the molecule is CC1CCCC(c2cccc(NC(=O)Nc3cnc4ccccc4c3)c2)(N2CCN(c3ccccc3)CC2)C1.Cl.Cl.Cl. The van der Waals surface area contributed by atoms with Crippen molar-refractivity contribution in [2.24, 2.45) is 5.92 Å². The molecule has 2 atom stereocenters. The average Bonchev–Trinajstić information content (AvgIpc) is 2.98. The van der Waals surface area contributed by atoms with E-state index in [4.69, 9.17) is 0 Å². The van der Waals surface area contributed by atoms with Crippen LogP contribution in [0, 0.1) is 5.92 Å². The summed E-state index contributed by atoms with van der Waals surface area (Å²) in [6, 6.07) is 28.9. The fraction of sp³-hybridized carbons (Fsp3) is 0.333. The lowest BCUT2D eigenvalue weighted by Crippen LogP contribution is -2.57. The summed E-state index contributed by atoms with van der Waals surface area (Å²) in [5.74, 6) is 0.672. The number of anilines is 3. The highest BCUT2D eigenvalue weighted by atomic mass is 35.5. The molecule has 224 valence electrons. The second kappa shape index (κ2) is 14.9. The van der Waals surface area contributed by atoms with Crippen molar-refractivity contribution >= 4 is 71.2 Å². The van der Waals surface area contributed by atoms with Crippen LogP contribution < -0.4 is 15.5 Å². The van der Waals surface area contributed by atoms with E-state index < -0.39 is 0 Å². The number of nitrogens with zero attached hydrogens (tertiary/aromatic N) is 3. The second-order valence-corrected chi connectivity index (χ2v) is 11.1. The van der Waals surface area contributed by atoms with E-state index in [2.05, 4.69) is 80.9 Å². The number of para-hydroxylation sites is 2. The number of fused-ring (bicyclic) bond motifs is 1. The summed E-state index contributed by atoms with van der Waals surface area (Å²) in [4.78, 5) is 22.6. The number of piperazine rings is 1. The third kappa shape index (κ3) is 7.30. The molecule has 0 spiro atoms. The van der Waals surface area contributed by atoms with Crippen molar-refractivity contribution in [3.63, 3.8) is 0 Å². The molecule has 4 aromatic rings. The molecule has 2 fully saturated rings. The summed E-state index contributed by atoms with van der Waals surface area (Å²) >= 11 is 0. The first-order valence-electron chi connectivity index (χ1n) is 14.2. The molecule has 1 saturated heterocycles. The van der Waals surface area contributed by atoms with Gasteiger partial charge in [-0.2, -0.15) is 0 Å². The molecule has 2 N–H and O–H groups in total. The maximum Gasteiger partial charge on any atom is 0.323 e. The molecule has 2 unspecified atom stereocenters. The third-order valence-electron chi connectivity index (χ3n) is 8.49. The highest BCUT2D eigenvalue weighted by molar-refractivity contribution is 6.00. The van der Waals surface area contributed by atoms with Crippen LogP contribution in [0.1, 0.15) is 38.2 Å². The minimum atomic E-state index is -0.258. The van der Waals surface area contributed by atoms with Crippen molar-refractivity contribution in [2.75, 3.05) is 41.7 Å². The number of nitrogens with one attached hydrogen (secondary N) is 2. The molecule has 42 heavy (non-hydrogen) atoms. The highest BCUT2D eigenvalue weighted by Gasteiger charge is 2.42. The Bertz CT molecular complexity index is 1450. The number of amides is 2. The summed E-state index contributed by atoms with van der Waals surface area (Å²) in [6.45, 7) is 6.52. The molecule has 0 radical (unpaired) electrons. The van der Waals surface area contributed by atoms with Gasteiger partial charge in [0.25, 0.3) is 0 Å². The summed E-state index contributed by atoms with van der Waals surface area (Å²) in [7, 11) is 0. The molecular weight excluding hydrogens is 589 g/mol. The van der Waals surface area contributed by atoms with Gasteiger partial charge in [0.05, 0.1) is 17.4 Å². The minimum absolute atomic E-state index is 0. The van der Waals surface area contributed by atoms with Crippen molar-refractivity contribution in [1.82, 2.24) is 9.88 Å². The fourth-order valence-corrected chi connectivity index (χ4v) is 6.61. The van der Waals surface area contributed by atoms with E-state index in [1.165, 1.54) is 24.1 Å². The first-order chi connectivity index (χ1) is 19.1. The molecule has 2 aliphatic rings. The lowest BCUT2D eigenvalue weighted by atomic mass is 9.71. The van der Waals surface area contributed by atoms with E-state index >= 15 is 0 Å². The summed E-state index contributed by atoms with van der Waals surface area (Å²) < 4.78 is 0. The number of rotatable bonds is 5. The van der Waals surface area contributed by atoms with Crippen molar-refractivity contribution < 1.29 is 4.79 Å². The van der Waals surface area contributed by atoms with Crippen molar-refractivity contribution in [3.05, 3.63) is 96.7 Å². The Morgan fingerprint density at radius 2 is 1.55 bits per heavy atom. The zero-order valence-electron chi connectivity index (χ0n) is 23.9. The van der Waals surface area contributed by atoms with Crippen LogP contribution in [0.2, 0.25) is 0 Å². The number of hydrogen-bond donors (Lipinski definition) is 2. The van der Waals surface area contributed by atoms with Crippen LogP contribution >= 0.6 is 37.2 Å². The van der Waals surface area contributed by atoms with Gasteiger partial charge in [-0.25, -0.2) is 4.79 Å². The molecule has 6 rings (SSSR count). The smallest absolute Gasteiger partial charge is 0.323 e. The Morgan fingerprint density at radius 3 is 2.31 bits per heavy atom. The molecule has 1 aromatic heterocycles. The van der Waals surface area contributed by atoms with Gasteiger partial charge in [0.2, 0.25) is 0 Å². The molecule has 1 saturated carbocycles. The highest BCUT2D eigenvalue weighted by Crippen LogP contribution is 2.45. The minimum Gasteiger partial charge on any atom is -0.369 e. The third-order valence-corrected chi connectivity index (χ3v) is 8.49. The number of hydrogen-bond acceptors (Lipinski definition) is 4. The van der Waals surface area contributed by atoms with Crippen LogP contribution in [0.5, 0.6) is 0 Å². The number of urea groups is 1. The van der Waals surface area contributed by atoms with E-state index in [1.54, 1.807) is 6.20 Å². The van der Waals surface area contributed by atoms with E-state index in [0.717, 1.165) is 55.6 Å². The molecule has 2 amide bonds. The van der Waals surface area contributed by atoms with Gasteiger partial charge < -0.3 is 15.5 Å². The second-order valence-electron chi connectivity index (χ2n) is 11.1. The van der Waals surface area contributed by atoms with E-state index in [9.17, 15) is 4.79 Å². The van der Waals surface area contributed by atoms with Crippen molar-refractivity contribution in [3.8, 4) is 0 Å². The van der Waals surface area contributed by atoms with Crippen molar-refractivity contribution in [2.45, 2.75) is 38.1 Å². The number of aromatic nitrogens is 1. The van der Waals surface area contributed by atoms with Gasteiger partial charge in [0.1, 0.15) is 0 Å². The number of benzene rings is 3. The van der Waals surface area contributed by atoms with Crippen LogP contribution in [0.25, 0.3) is 10.9 Å². The van der Waals surface area contributed by atoms with E-state index in [1.807, 2.05) is 36.4 Å². The number of halogens is 3. The van der Waals surface area contributed by atoms with Crippen LogP contribution in [0.4, 0.5) is 21.9 Å². The van der Waals surface area contributed by atoms with Crippen LogP contribution in [-0.2, 0) is 5.54 Å². The van der Waals surface area contributed by atoms with E-state index in [0.29, 0.717) is 11.6 Å². The van der Waals surface area contributed by atoms with Crippen LogP contribution in [0.3, 0.4) is 0 Å². The van der Waals surface area contributed by atoms with Gasteiger partial charge in [-0.05, 0) is 60.7 Å². The van der Waals surface area contributed by atoms with Gasteiger partial charge in [-0.3, -0.25) is 9.88 Å². The normalized spacial score (nSPS) is 20.4. The lowest BCUT2D eigenvalue weighted by Gasteiger charge is -2.52. The Hall–Kier alpha value is -3.03. The Kier molecular flexibility index (Phi) is 11.9. The average molecular weight is 629 g/mol. The molecule has 0 bridgehead atoms. The maximum atomic E-state index is 12.9. The molecular formula is C33H40Cl3N5O. The van der Waals surface area contributed by atoms with Crippen LogP contribution in [-0.4, -0.2) is 42.1 Å². The molecule has 3 aromatic carbocycles. The van der Waals surface area contributed by atoms with Crippen LogP contribution in [0.15, 0.2) is 91.1 Å². The number of carbonyl (C=O) groups is 1. The van der Waals surface area contributed by atoms with Gasteiger partial charge in [-0.15, -0.1) is 37.2 Å². The Morgan fingerprint density at radius 1 is 0.833 bits per heavy atom. The molecule has 2 heterocycles. The number of carbonyl (C=O) groups excluding carboxylic acids is 1. The lowest BCUT2D eigenvalue weighted by molar-refractivity contribution is 0.0243. The summed E-state index contributed by atoms with van der Waals surface area (Å²) in [5, 5.41) is 7.02. The van der Waals surface area contributed by atoms with E-state index in [-0.39, 0.29) is 48.8 Å². The first kappa shape index (κ1) is 33.5. The predicted octanol–water partition coefficient (Wildman–Crippen LogP) is 8.37. The molecule has 9 heteroatoms. The number of pyridine rings is 1. The largest absolute Gasteiger partial charge is 0.369 e. The summed E-state index contributed by atoms with van der Waals surface area (Å²) in [6.07, 6.45) is 6.52. The monoisotopic (exact) mass is 627 g/mol. The predicted molar refractivity (Wildman–Crippen MR) is 182 cm³/mol. The first-order valence-corrected chi connectivity index (χ1v) is 14.2. The molecule has 1 aliphatic carbocycles. The van der Waals surface area contributed by atoms with Gasteiger partial charge in [0, 0.05) is 48.5 Å². The standard InChI is InChI=1S/C33H37N5O.3ClH/c1-25-9-8-16-33(23-25,38-19-17-37(18-20-38)30-13-3-2-4-14-30)27-11-7-12-28(22-27)35-32(39)36-29-21-26-10-5-6-15-31(26)34-24-29;;;/h2-7,10-15,21-22,24-25H,8-9,16-20,23H2,1H3,(H2,35,36,39);3*1H. The quantitative estimate of drug-likeness (QED) is 0.233.